The lowest BCUT2D eigenvalue weighted by molar-refractivity contribution is -0.141. The molecule has 1 aromatic rings. The number of halogens is 3. The van der Waals surface area contributed by atoms with Crippen molar-refractivity contribution in [1.82, 2.24) is 9.88 Å². The van der Waals surface area contributed by atoms with Crippen LogP contribution in [0.3, 0.4) is 0 Å². The highest BCUT2D eigenvalue weighted by atomic mass is 32.1. The van der Waals surface area contributed by atoms with Gasteiger partial charge in [-0.05, 0) is 45.1 Å². The number of hydrogen-bond donors (Lipinski definition) is 2. The smallest absolute Gasteiger partial charge is 0.389 e. The van der Waals surface area contributed by atoms with E-state index in [1.165, 1.54) is 6.07 Å². The van der Waals surface area contributed by atoms with Crippen molar-refractivity contribution >= 4 is 23.0 Å². The minimum Gasteiger partial charge on any atom is -0.389 e. The second-order valence-electron chi connectivity index (χ2n) is 5.18. The van der Waals surface area contributed by atoms with Crippen molar-refractivity contribution in [2.75, 3.05) is 25.5 Å². The molecule has 4 nitrogen and oxygen atoms in total. The summed E-state index contributed by atoms with van der Waals surface area (Å²) in [7, 11) is 2.01. The monoisotopic (exact) mass is 318 g/mol. The fourth-order valence-electron chi connectivity index (χ4n) is 2.27. The quantitative estimate of drug-likeness (QED) is 0.837. The van der Waals surface area contributed by atoms with Gasteiger partial charge in [-0.3, -0.25) is 0 Å². The van der Waals surface area contributed by atoms with E-state index < -0.39 is 11.9 Å². The predicted molar refractivity (Wildman–Crippen MR) is 79.3 cm³/mol. The summed E-state index contributed by atoms with van der Waals surface area (Å²) in [4.78, 5) is 5.87. The molecule has 0 amide bonds. The Balaban J connectivity index is 2.24. The molecule has 1 aliphatic heterocycles. The maximum Gasteiger partial charge on any atom is 0.433 e. The number of nitrogens with zero attached hydrogens (tertiary/aromatic N) is 2. The van der Waals surface area contributed by atoms with Crippen LogP contribution in [0.25, 0.3) is 0 Å². The molecule has 0 unspecified atom stereocenters. The molecule has 8 heteroatoms. The number of alkyl halides is 3. The van der Waals surface area contributed by atoms with Gasteiger partial charge in [-0.15, -0.1) is 0 Å². The second-order valence-corrected chi connectivity index (χ2v) is 5.62. The van der Waals surface area contributed by atoms with E-state index in [2.05, 4.69) is 15.2 Å². The van der Waals surface area contributed by atoms with Gasteiger partial charge in [0, 0.05) is 6.04 Å². The van der Waals surface area contributed by atoms with Gasteiger partial charge in [-0.25, -0.2) is 4.98 Å². The van der Waals surface area contributed by atoms with Crippen LogP contribution in [0.4, 0.5) is 19.0 Å². The predicted octanol–water partition coefficient (Wildman–Crippen LogP) is 2.24. The first kappa shape index (κ1) is 16.0. The normalized spacial score (nSPS) is 17.7. The van der Waals surface area contributed by atoms with E-state index in [1.54, 1.807) is 0 Å². The molecule has 1 aromatic heterocycles. The van der Waals surface area contributed by atoms with E-state index in [1.807, 2.05) is 7.05 Å². The van der Waals surface area contributed by atoms with E-state index in [0.29, 0.717) is 5.56 Å². The van der Waals surface area contributed by atoms with Gasteiger partial charge in [-0.2, -0.15) is 13.2 Å². The Labute approximate surface area is 126 Å². The number of anilines is 1. The Kier molecular flexibility index (Phi) is 4.67. The highest BCUT2D eigenvalue weighted by molar-refractivity contribution is 7.80. The van der Waals surface area contributed by atoms with Crippen LogP contribution in [0, 0.1) is 0 Å². The molecule has 21 heavy (non-hydrogen) atoms. The second kappa shape index (κ2) is 6.15. The molecular formula is C13H17F3N4S. The lowest BCUT2D eigenvalue weighted by Gasteiger charge is -2.30. The zero-order chi connectivity index (χ0) is 15.6. The first-order chi connectivity index (χ1) is 9.77. The standard InChI is InChI=1S/C13H17F3N4S/c1-20-6-4-8(5-7-20)18-12-9(11(17)21)2-3-10(19-12)13(14,15)16/h2-3,8H,4-7H2,1H3,(H2,17,21)(H,18,19). The number of rotatable bonds is 3. The molecule has 3 N–H and O–H groups in total. The average Bonchev–Trinajstić information content (AvgIpc) is 2.40. The summed E-state index contributed by atoms with van der Waals surface area (Å²) >= 11 is 4.88. The molecule has 2 heterocycles. The highest BCUT2D eigenvalue weighted by Crippen LogP contribution is 2.30. The molecule has 2 rings (SSSR count). The van der Waals surface area contributed by atoms with E-state index in [4.69, 9.17) is 18.0 Å². The number of hydrogen-bond acceptors (Lipinski definition) is 4. The number of pyridine rings is 1. The summed E-state index contributed by atoms with van der Waals surface area (Å²) in [5.74, 6) is 0.117. The maximum atomic E-state index is 12.8. The zero-order valence-electron chi connectivity index (χ0n) is 11.6. The van der Waals surface area contributed by atoms with Gasteiger partial charge in [0.2, 0.25) is 0 Å². The molecule has 0 radical (unpaired) electrons. The third-order valence-corrected chi connectivity index (χ3v) is 3.73. The summed E-state index contributed by atoms with van der Waals surface area (Å²) < 4.78 is 38.3. The highest BCUT2D eigenvalue weighted by Gasteiger charge is 2.33. The van der Waals surface area contributed by atoms with Crippen molar-refractivity contribution < 1.29 is 13.2 Å². The van der Waals surface area contributed by atoms with Gasteiger partial charge >= 0.3 is 6.18 Å². The fourth-order valence-corrected chi connectivity index (χ4v) is 2.44. The Morgan fingerprint density at radius 3 is 2.52 bits per heavy atom. The Hall–Kier alpha value is -1.41. The Morgan fingerprint density at radius 2 is 2.00 bits per heavy atom. The van der Waals surface area contributed by atoms with Gasteiger partial charge in [0.1, 0.15) is 16.5 Å². The minimum absolute atomic E-state index is 0.0339. The summed E-state index contributed by atoms with van der Waals surface area (Å²) in [6, 6.07) is 2.24. The van der Waals surface area contributed by atoms with E-state index in [-0.39, 0.29) is 16.8 Å². The molecular weight excluding hydrogens is 301 g/mol. The van der Waals surface area contributed by atoms with Crippen LogP contribution >= 0.6 is 12.2 Å². The molecule has 0 aliphatic carbocycles. The van der Waals surface area contributed by atoms with E-state index in [0.717, 1.165) is 32.0 Å². The number of nitrogens with one attached hydrogen (secondary N) is 1. The zero-order valence-corrected chi connectivity index (χ0v) is 12.4. The third kappa shape index (κ3) is 4.04. The van der Waals surface area contributed by atoms with Gasteiger partial charge < -0.3 is 16.0 Å². The number of thiocarbonyl (C=S) groups is 1. The minimum atomic E-state index is -4.49. The van der Waals surface area contributed by atoms with Gasteiger partial charge in [0.05, 0.1) is 5.56 Å². The summed E-state index contributed by atoms with van der Waals surface area (Å²) in [5.41, 5.74) is 4.96. The van der Waals surface area contributed by atoms with Crippen molar-refractivity contribution in [2.45, 2.75) is 25.1 Å². The molecule has 0 spiro atoms. The molecule has 1 saturated heterocycles. The van der Waals surface area contributed by atoms with Crippen LogP contribution in [0.2, 0.25) is 0 Å². The maximum absolute atomic E-state index is 12.8. The summed E-state index contributed by atoms with van der Waals surface area (Å²) in [5, 5.41) is 3.06. The van der Waals surface area contributed by atoms with Crippen molar-refractivity contribution in [1.29, 1.82) is 0 Å². The molecule has 0 atom stereocenters. The Morgan fingerprint density at radius 1 is 1.38 bits per heavy atom. The molecule has 0 bridgehead atoms. The van der Waals surface area contributed by atoms with Crippen LogP contribution in [-0.2, 0) is 6.18 Å². The molecule has 116 valence electrons. The van der Waals surface area contributed by atoms with E-state index in [9.17, 15) is 13.2 Å². The number of aromatic nitrogens is 1. The van der Waals surface area contributed by atoms with Crippen LogP contribution in [-0.4, -0.2) is 41.1 Å². The van der Waals surface area contributed by atoms with Crippen LogP contribution in [0.15, 0.2) is 12.1 Å². The van der Waals surface area contributed by atoms with Gasteiger partial charge in [-0.1, -0.05) is 12.2 Å². The first-order valence-electron chi connectivity index (χ1n) is 6.60. The van der Waals surface area contributed by atoms with Crippen molar-refractivity contribution in [2.24, 2.45) is 5.73 Å². The van der Waals surface area contributed by atoms with Gasteiger partial charge in [0.15, 0.2) is 0 Å². The fraction of sp³-hybridized carbons (Fsp3) is 0.538. The number of piperidine rings is 1. The van der Waals surface area contributed by atoms with E-state index >= 15 is 0 Å². The third-order valence-electron chi connectivity index (χ3n) is 3.51. The summed E-state index contributed by atoms with van der Waals surface area (Å²) in [6.07, 6.45) is -2.81. The lowest BCUT2D eigenvalue weighted by atomic mass is 10.1. The topological polar surface area (TPSA) is 54.2 Å². The Bertz CT molecular complexity index is 525. The largest absolute Gasteiger partial charge is 0.433 e. The van der Waals surface area contributed by atoms with Crippen molar-refractivity contribution in [3.8, 4) is 0 Å². The molecule has 1 fully saturated rings. The molecule has 0 aromatic carbocycles. The average molecular weight is 318 g/mol. The SMILES string of the molecule is CN1CCC(Nc2nc(C(F)(F)F)ccc2C(N)=S)CC1. The summed E-state index contributed by atoms with van der Waals surface area (Å²) in [6.45, 7) is 1.78. The van der Waals surface area contributed by atoms with Gasteiger partial charge in [0.25, 0.3) is 0 Å². The van der Waals surface area contributed by atoms with Crippen LogP contribution < -0.4 is 11.1 Å². The number of likely N-dealkylation sites (tertiary alicyclic amines) is 1. The molecule has 1 aliphatic rings. The van der Waals surface area contributed by atoms with Crippen molar-refractivity contribution in [3.05, 3.63) is 23.4 Å². The molecule has 0 saturated carbocycles. The lowest BCUT2D eigenvalue weighted by Crippen LogP contribution is -2.37. The van der Waals surface area contributed by atoms with Crippen molar-refractivity contribution in [3.63, 3.8) is 0 Å². The number of nitrogens with two attached hydrogens (primary N) is 1. The van der Waals surface area contributed by atoms with Crippen LogP contribution in [0.1, 0.15) is 24.1 Å². The van der Waals surface area contributed by atoms with Crippen LogP contribution in [0.5, 0.6) is 0 Å². The first-order valence-corrected chi connectivity index (χ1v) is 7.01.